The molecule has 1 aromatic rings. The van der Waals surface area contributed by atoms with Gasteiger partial charge in [0.05, 0.1) is 7.11 Å². The van der Waals surface area contributed by atoms with Crippen molar-refractivity contribution in [2.45, 2.75) is 55.7 Å². The molecule has 0 aliphatic heterocycles. The van der Waals surface area contributed by atoms with Crippen molar-refractivity contribution in [3.05, 3.63) is 23.8 Å². The third-order valence-electron chi connectivity index (χ3n) is 4.29. The zero-order valence-corrected chi connectivity index (χ0v) is 13.9. The Hall–Kier alpha value is -0.670. The van der Waals surface area contributed by atoms with Crippen LogP contribution >= 0.6 is 11.8 Å². The molecule has 0 bridgehead atoms. The first-order valence-corrected chi connectivity index (χ1v) is 8.54. The quantitative estimate of drug-likeness (QED) is 0.854. The molecule has 0 heterocycles. The van der Waals surface area contributed by atoms with Gasteiger partial charge in [0.1, 0.15) is 5.75 Å². The SMILES string of the molecule is CNC(C)c1c(OC)cccc1SC1CCCC(C)C1. The number of thioether (sulfide) groups is 1. The molecule has 20 heavy (non-hydrogen) atoms. The van der Waals surface area contributed by atoms with Crippen molar-refractivity contribution in [1.29, 1.82) is 0 Å². The minimum atomic E-state index is 0.315. The van der Waals surface area contributed by atoms with Gasteiger partial charge in [0.2, 0.25) is 0 Å². The number of ether oxygens (including phenoxy) is 1. The van der Waals surface area contributed by atoms with Crippen molar-refractivity contribution in [2.75, 3.05) is 14.2 Å². The van der Waals surface area contributed by atoms with Crippen LogP contribution in [0.5, 0.6) is 5.75 Å². The summed E-state index contributed by atoms with van der Waals surface area (Å²) in [6.07, 6.45) is 5.46. The van der Waals surface area contributed by atoms with E-state index in [1.807, 2.05) is 18.8 Å². The fourth-order valence-electron chi connectivity index (χ4n) is 3.04. The molecule has 0 aromatic heterocycles. The van der Waals surface area contributed by atoms with Crippen LogP contribution in [0.3, 0.4) is 0 Å². The van der Waals surface area contributed by atoms with Gasteiger partial charge in [0, 0.05) is 21.8 Å². The van der Waals surface area contributed by atoms with Gasteiger partial charge in [0.15, 0.2) is 0 Å². The fraction of sp³-hybridized carbons (Fsp3) is 0.647. The van der Waals surface area contributed by atoms with Gasteiger partial charge >= 0.3 is 0 Å². The van der Waals surface area contributed by atoms with Gasteiger partial charge in [0.25, 0.3) is 0 Å². The second-order valence-corrected chi connectivity index (χ2v) is 7.24. The van der Waals surface area contributed by atoms with Crippen LogP contribution in [-0.2, 0) is 0 Å². The molecule has 1 aromatic carbocycles. The number of methoxy groups -OCH3 is 1. The van der Waals surface area contributed by atoms with Gasteiger partial charge < -0.3 is 10.1 Å². The van der Waals surface area contributed by atoms with E-state index < -0.39 is 0 Å². The summed E-state index contributed by atoms with van der Waals surface area (Å²) in [4.78, 5) is 1.38. The lowest BCUT2D eigenvalue weighted by atomic mass is 9.91. The highest BCUT2D eigenvalue weighted by Crippen LogP contribution is 2.41. The van der Waals surface area contributed by atoms with E-state index in [1.165, 1.54) is 36.1 Å². The van der Waals surface area contributed by atoms with Crippen LogP contribution in [0.4, 0.5) is 0 Å². The van der Waals surface area contributed by atoms with E-state index in [4.69, 9.17) is 4.74 Å². The lowest BCUT2D eigenvalue weighted by molar-refractivity contribution is 0.393. The van der Waals surface area contributed by atoms with Crippen LogP contribution < -0.4 is 10.1 Å². The Balaban J connectivity index is 2.21. The van der Waals surface area contributed by atoms with E-state index in [1.54, 1.807) is 7.11 Å². The molecule has 1 fully saturated rings. The maximum absolute atomic E-state index is 5.57. The molecule has 0 spiro atoms. The van der Waals surface area contributed by atoms with Crippen LogP contribution in [0.2, 0.25) is 0 Å². The van der Waals surface area contributed by atoms with Gasteiger partial charge in [-0.25, -0.2) is 0 Å². The summed E-state index contributed by atoms with van der Waals surface area (Å²) < 4.78 is 5.57. The number of nitrogens with one attached hydrogen (secondary N) is 1. The van der Waals surface area contributed by atoms with Gasteiger partial charge in [-0.15, -0.1) is 11.8 Å². The molecule has 0 radical (unpaired) electrons. The second kappa shape index (κ2) is 7.37. The number of rotatable bonds is 5. The summed E-state index contributed by atoms with van der Waals surface area (Å²) in [5.41, 5.74) is 1.31. The van der Waals surface area contributed by atoms with Gasteiger partial charge in [-0.2, -0.15) is 0 Å². The van der Waals surface area contributed by atoms with Crippen molar-refractivity contribution in [3.63, 3.8) is 0 Å². The van der Waals surface area contributed by atoms with Gasteiger partial charge in [-0.1, -0.05) is 25.8 Å². The van der Waals surface area contributed by atoms with E-state index in [2.05, 4.69) is 37.4 Å². The van der Waals surface area contributed by atoms with Crippen LogP contribution in [-0.4, -0.2) is 19.4 Å². The Bertz CT molecular complexity index is 435. The molecule has 0 saturated heterocycles. The largest absolute Gasteiger partial charge is 0.496 e. The van der Waals surface area contributed by atoms with Crippen molar-refractivity contribution in [1.82, 2.24) is 5.32 Å². The average Bonchev–Trinajstić information content (AvgIpc) is 2.46. The highest BCUT2D eigenvalue weighted by molar-refractivity contribution is 8.00. The molecule has 1 aliphatic carbocycles. The molecule has 3 unspecified atom stereocenters. The Morgan fingerprint density at radius 3 is 2.80 bits per heavy atom. The molecule has 3 heteroatoms. The predicted molar refractivity (Wildman–Crippen MR) is 87.7 cm³/mol. The predicted octanol–water partition coefficient (Wildman–Crippen LogP) is 4.65. The number of hydrogen-bond donors (Lipinski definition) is 1. The summed E-state index contributed by atoms with van der Waals surface area (Å²) in [5.74, 6) is 1.87. The Morgan fingerprint density at radius 1 is 1.35 bits per heavy atom. The molecular formula is C17H27NOS. The van der Waals surface area contributed by atoms with E-state index in [0.29, 0.717) is 6.04 Å². The molecule has 1 N–H and O–H groups in total. The fourth-order valence-corrected chi connectivity index (χ4v) is 4.67. The van der Waals surface area contributed by atoms with Crippen LogP contribution in [0.15, 0.2) is 23.1 Å². The molecule has 1 aliphatic rings. The van der Waals surface area contributed by atoms with Crippen LogP contribution in [0.25, 0.3) is 0 Å². The van der Waals surface area contributed by atoms with Crippen molar-refractivity contribution in [3.8, 4) is 5.75 Å². The maximum Gasteiger partial charge on any atom is 0.124 e. The van der Waals surface area contributed by atoms with Crippen molar-refractivity contribution >= 4 is 11.8 Å². The molecule has 2 rings (SSSR count). The highest BCUT2D eigenvalue weighted by atomic mass is 32.2. The Labute approximate surface area is 127 Å². The lowest BCUT2D eigenvalue weighted by Crippen LogP contribution is -2.17. The average molecular weight is 293 g/mol. The Morgan fingerprint density at radius 2 is 2.15 bits per heavy atom. The smallest absolute Gasteiger partial charge is 0.124 e. The van der Waals surface area contributed by atoms with E-state index in [0.717, 1.165) is 16.9 Å². The van der Waals surface area contributed by atoms with Crippen LogP contribution in [0.1, 0.15) is 51.1 Å². The van der Waals surface area contributed by atoms with Gasteiger partial charge in [-0.3, -0.25) is 0 Å². The zero-order chi connectivity index (χ0) is 14.5. The molecular weight excluding hydrogens is 266 g/mol. The normalized spacial score (nSPS) is 24.4. The zero-order valence-electron chi connectivity index (χ0n) is 13.1. The van der Waals surface area contributed by atoms with E-state index in [-0.39, 0.29) is 0 Å². The van der Waals surface area contributed by atoms with E-state index >= 15 is 0 Å². The van der Waals surface area contributed by atoms with Crippen molar-refractivity contribution in [2.24, 2.45) is 5.92 Å². The Kier molecular flexibility index (Phi) is 5.79. The first kappa shape index (κ1) is 15.7. The molecule has 2 nitrogen and oxygen atoms in total. The molecule has 0 amide bonds. The molecule has 3 atom stereocenters. The van der Waals surface area contributed by atoms with E-state index in [9.17, 15) is 0 Å². The first-order chi connectivity index (χ1) is 9.65. The van der Waals surface area contributed by atoms with Gasteiger partial charge in [-0.05, 0) is 44.9 Å². The molecule has 1 saturated carbocycles. The number of benzene rings is 1. The topological polar surface area (TPSA) is 21.3 Å². The third kappa shape index (κ3) is 3.70. The van der Waals surface area contributed by atoms with Crippen LogP contribution in [0, 0.1) is 5.92 Å². The maximum atomic E-state index is 5.57. The summed E-state index contributed by atoms with van der Waals surface area (Å²) in [6.45, 7) is 4.58. The summed E-state index contributed by atoms with van der Waals surface area (Å²) in [5, 5.41) is 4.11. The minimum Gasteiger partial charge on any atom is -0.496 e. The third-order valence-corrected chi connectivity index (χ3v) is 5.67. The second-order valence-electron chi connectivity index (χ2n) is 5.89. The number of hydrogen-bond acceptors (Lipinski definition) is 3. The minimum absolute atomic E-state index is 0.315. The lowest BCUT2D eigenvalue weighted by Gasteiger charge is -2.28. The van der Waals surface area contributed by atoms with Crippen molar-refractivity contribution < 1.29 is 4.74 Å². The summed E-state index contributed by atoms with van der Waals surface area (Å²) >= 11 is 2.05. The molecule has 112 valence electrons. The monoisotopic (exact) mass is 293 g/mol. The summed E-state index contributed by atoms with van der Waals surface area (Å²) in [6, 6.07) is 6.74. The highest BCUT2D eigenvalue weighted by Gasteiger charge is 2.23. The first-order valence-electron chi connectivity index (χ1n) is 7.66. The summed E-state index contributed by atoms with van der Waals surface area (Å²) in [7, 11) is 3.77. The standard InChI is InChI=1S/C17H27NOS/c1-12-7-5-8-14(11-12)20-16-10-6-9-15(19-4)17(16)13(2)18-3/h6,9-10,12-14,18H,5,7-8,11H2,1-4H3.